The fourth-order valence-corrected chi connectivity index (χ4v) is 2.00. The van der Waals surface area contributed by atoms with E-state index in [4.69, 9.17) is 0 Å². The van der Waals surface area contributed by atoms with Gasteiger partial charge in [0.25, 0.3) is 0 Å². The summed E-state index contributed by atoms with van der Waals surface area (Å²) in [6, 6.07) is 5.87. The van der Waals surface area contributed by atoms with Crippen LogP contribution >= 0.6 is 0 Å². The van der Waals surface area contributed by atoms with Crippen molar-refractivity contribution in [3.63, 3.8) is 0 Å². The van der Waals surface area contributed by atoms with E-state index >= 15 is 0 Å². The highest BCUT2D eigenvalue weighted by atomic mass is 15.2. The van der Waals surface area contributed by atoms with Gasteiger partial charge in [-0.25, -0.2) is 9.50 Å². The summed E-state index contributed by atoms with van der Waals surface area (Å²) in [5, 5.41) is 8.52. The quantitative estimate of drug-likeness (QED) is 0.663. The molecule has 20 heavy (non-hydrogen) atoms. The van der Waals surface area contributed by atoms with Crippen molar-refractivity contribution in [2.45, 2.75) is 19.8 Å². The average molecular weight is 265 g/mol. The Kier molecular flexibility index (Phi) is 3.21. The standard InChI is InChI=1S/C15H15N5/c1-12-11-15-16-13(8-10-20(15)17-12)5-3-4-6-14-7-9-19(2)18-14/h7-11H,3,5H2,1-2H3. The van der Waals surface area contributed by atoms with Crippen molar-refractivity contribution in [2.75, 3.05) is 0 Å². The highest BCUT2D eigenvalue weighted by Gasteiger charge is 2.00. The van der Waals surface area contributed by atoms with Crippen LogP contribution in [-0.2, 0) is 13.5 Å². The van der Waals surface area contributed by atoms with Crippen LogP contribution in [0.1, 0.15) is 23.5 Å². The molecule has 0 fully saturated rings. The number of nitrogens with zero attached hydrogens (tertiary/aromatic N) is 5. The molecule has 0 aliphatic heterocycles. The lowest BCUT2D eigenvalue weighted by Crippen LogP contribution is -1.95. The molecule has 3 heterocycles. The number of aromatic nitrogens is 5. The van der Waals surface area contributed by atoms with Gasteiger partial charge in [0.05, 0.1) is 5.69 Å². The third-order valence-corrected chi connectivity index (χ3v) is 2.94. The van der Waals surface area contributed by atoms with Crippen molar-refractivity contribution < 1.29 is 0 Å². The summed E-state index contributed by atoms with van der Waals surface area (Å²) >= 11 is 0. The van der Waals surface area contributed by atoms with Crippen molar-refractivity contribution in [2.24, 2.45) is 7.05 Å². The van der Waals surface area contributed by atoms with Crippen LogP contribution in [0.5, 0.6) is 0 Å². The molecule has 3 aromatic heterocycles. The largest absolute Gasteiger partial charge is 0.275 e. The number of hydrogen-bond donors (Lipinski definition) is 0. The Labute approximate surface area is 117 Å². The number of aryl methyl sites for hydroxylation is 3. The van der Waals surface area contributed by atoms with Crippen molar-refractivity contribution in [1.82, 2.24) is 24.4 Å². The Hall–Kier alpha value is -2.61. The van der Waals surface area contributed by atoms with Gasteiger partial charge in [0, 0.05) is 44.0 Å². The smallest absolute Gasteiger partial charge is 0.155 e. The van der Waals surface area contributed by atoms with Crippen LogP contribution in [0.3, 0.4) is 0 Å². The SMILES string of the molecule is Cc1cc2nc(CCC#Cc3ccn(C)n3)ccn2n1. The van der Waals surface area contributed by atoms with E-state index < -0.39 is 0 Å². The monoisotopic (exact) mass is 265 g/mol. The van der Waals surface area contributed by atoms with Crippen LogP contribution in [0.25, 0.3) is 5.65 Å². The Morgan fingerprint density at radius 3 is 2.90 bits per heavy atom. The number of hydrogen-bond acceptors (Lipinski definition) is 3. The summed E-state index contributed by atoms with van der Waals surface area (Å²) in [4.78, 5) is 4.56. The van der Waals surface area contributed by atoms with E-state index in [-0.39, 0.29) is 0 Å². The molecule has 0 saturated carbocycles. The Bertz CT molecular complexity index is 800. The molecule has 0 amide bonds. The van der Waals surface area contributed by atoms with Gasteiger partial charge in [-0.2, -0.15) is 10.2 Å². The van der Waals surface area contributed by atoms with Gasteiger partial charge in [-0.05, 0) is 25.0 Å². The van der Waals surface area contributed by atoms with Gasteiger partial charge in [-0.1, -0.05) is 5.92 Å². The minimum absolute atomic E-state index is 0.771. The molecule has 0 aromatic carbocycles. The molecule has 0 spiro atoms. The Morgan fingerprint density at radius 2 is 2.10 bits per heavy atom. The molecule has 100 valence electrons. The summed E-state index contributed by atoms with van der Waals surface area (Å²) in [5.74, 6) is 6.18. The van der Waals surface area contributed by atoms with Crippen LogP contribution < -0.4 is 0 Å². The molecule has 3 aromatic rings. The van der Waals surface area contributed by atoms with Crippen molar-refractivity contribution in [3.05, 3.63) is 47.7 Å². The molecule has 5 heteroatoms. The fourth-order valence-electron chi connectivity index (χ4n) is 2.00. The molecule has 0 aliphatic carbocycles. The Balaban J connectivity index is 1.66. The first-order valence-electron chi connectivity index (χ1n) is 6.51. The maximum absolute atomic E-state index is 4.56. The van der Waals surface area contributed by atoms with Crippen LogP contribution in [-0.4, -0.2) is 24.4 Å². The molecule has 0 N–H and O–H groups in total. The fraction of sp³-hybridized carbons (Fsp3) is 0.267. The Morgan fingerprint density at radius 1 is 1.20 bits per heavy atom. The maximum atomic E-state index is 4.56. The van der Waals surface area contributed by atoms with E-state index in [1.807, 2.05) is 44.6 Å². The highest BCUT2D eigenvalue weighted by Crippen LogP contribution is 2.06. The highest BCUT2D eigenvalue weighted by molar-refractivity contribution is 5.39. The number of fused-ring (bicyclic) bond motifs is 1. The summed E-state index contributed by atoms with van der Waals surface area (Å²) in [6.07, 6.45) is 5.44. The van der Waals surface area contributed by atoms with Gasteiger partial charge < -0.3 is 0 Å². The summed E-state index contributed by atoms with van der Waals surface area (Å²) in [5.41, 5.74) is 3.71. The molecule has 0 radical (unpaired) electrons. The predicted octanol–water partition coefficient (Wildman–Crippen LogP) is 1.76. The van der Waals surface area contributed by atoms with E-state index in [1.54, 1.807) is 9.20 Å². The topological polar surface area (TPSA) is 48.0 Å². The normalized spacial score (nSPS) is 10.5. The third-order valence-electron chi connectivity index (χ3n) is 2.94. The van der Waals surface area contributed by atoms with Crippen molar-refractivity contribution in [3.8, 4) is 11.8 Å². The zero-order valence-electron chi connectivity index (χ0n) is 11.5. The lowest BCUT2D eigenvalue weighted by atomic mass is 10.2. The first-order valence-corrected chi connectivity index (χ1v) is 6.51. The molecule has 0 atom stereocenters. The van der Waals surface area contributed by atoms with E-state index in [9.17, 15) is 0 Å². The van der Waals surface area contributed by atoms with Gasteiger partial charge >= 0.3 is 0 Å². The van der Waals surface area contributed by atoms with E-state index in [2.05, 4.69) is 27.0 Å². The minimum Gasteiger partial charge on any atom is -0.275 e. The molecule has 3 rings (SSSR count). The van der Waals surface area contributed by atoms with Crippen LogP contribution in [0, 0.1) is 18.8 Å². The zero-order valence-corrected chi connectivity index (χ0v) is 11.5. The summed E-state index contributed by atoms with van der Waals surface area (Å²) in [7, 11) is 1.89. The maximum Gasteiger partial charge on any atom is 0.155 e. The molecule has 5 nitrogen and oxygen atoms in total. The van der Waals surface area contributed by atoms with Gasteiger partial charge in [0.15, 0.2) is 5.65 Å². The molecular formula is C15H15N5. The van der Waals surface area contributed by atoms with E-state index in [0.717, 1.165) is 35.6 Å². The van der Waals surface area contributed by atoms with E-state index in [1.165, 1.54) is 0 Å². The molecule has 0 saturated heterocycles. The van der Waals surface area contributed by atoms with Gasteiger partial charge in [0.1, 0.15) is 5.69 Å². The zero-order chi connectivity index (χ0) is 13.9. The van der Waals surface area contributed by atoms with Gasteiger partial charge in [0.2, 0.25) is 0 Å². The van der Waals surface area contributed by atoms with Crippen molar-refractivity contribution >= 4 is 5.65 Å². The minimum atomic E-state index is 0.771. The average Bonchev–Trinajstić information content (AvgIpc) is 2.99. The van der Waals surface area contributed by atoms with Crippen molar-refractivity contribution in [1.29, 1.82) is 0 Å². The van der Waals surface area contributed by atoms with Crippen LogP contribution in [0.15, 0.2) is 30.6 Å². The van der Waals surface area contributed by atoms with Crippen LogP contribution in [0.4, 0.5) is 0 Å². The lowest BCUT2D eigenvalue weighted by Gasteiger charge is -1.97. The predicted molar refractivity (Wildman–Crippen MR) is 76.1 cm³/mol. The molecule has 0 unspecified atom stereocenters. The second-order valence-corrected chi connectivity index (χ2v) is 4.68. The van der Waals surface area contributed by atoms with E-state index in [0.29, 0.717) is 0 Å². The third kappa shape index (κ3) is 2.69. The lowest BCUT2D eigenvalue weighted by molar-refractivity contribution is 0.763. The molecule has 0 bridgehead atoms. The summed E-state index contributed by atoms with van der Waals surface area (Å²) in [6.45, 7) is 1.96. The first kappa shape index (κ1) is 12.4. The van der Waals surface area contributed by atoms with Gasteiger partial charge in [-0.15, -0.1) is 0 Å². The number of rotatable bonds is 2. The summed E-state index contributed by atoms with van der Waals surface area (Å²) < 4.78 is 3.54. The molecular weight excluding hydrogens is 250 g/mol. The first-order chi connectivity index (χ1) is 9.70. The van der Waals surface area contributed by atoms with Gasteiger partial charge in [-0.3, -0.25) is 4.68 Å². The van der Waals surface area contributed by atoms with Crippen LogP contribution in [0.2, 0.25) is 0 Å². The second kappa shape index (κ2) is 5.17. The molecule has 0 aliphatic rings. The second-order valence-electron chi connectivity index (χ2n) is 4.68.